The molecule has 0 aliphatic heterocycles. The summed E-state index contributed by atoms with van der Waals surface area (Å²) < 4.78 is 126. The van der Waals surface area contributed by atoms with Gasteiger partial charge in [-0.15, -0.1) is 0 Å². The van der Waals surface area contributed by atoms with Gasteiger partial charge in [0.1, 0.15) is 52.9 Å². The molecule has 0 aliphatic rings. The Morgan fingerprint density at radius 2 is 0.331 bits per heavy atom. The van der Waals surface area contributed by atoms with Gasteiger partial charge in [0.05, 0.1) is 12.1 Å². The zero-order valence-corrected chi connectivity index (χ0v) is 74.3. The lowest BCUT2D eigenvalue weighted by atomic mass is 10.0. The van der Waals surface area contributed by atoms with E-state index in [1.54, 1.807) is 0 Å². The van der Waals surface area contributed by atoms with E-state index < -0.39 is 331 Å². The van der Waals surface area contributed by atoms with Gasteiger partial charge in [0.15, 0.2) is 73.2 Å². The minimum absolute atomic E-state index is 0.183. The predicted octanol–water partition coefficient (Wildman–Crippen LogP) is -3.57. The molecule has 54 heteroatoms. The number of amides is 4. The molecule has 0 aromatic carbocycles. The third-order valence-electron chi connectivity index (χ3n) is 15.1. The molecule has 54 nitrogen and oxygen atoms in total. The summed E-state index contributed by atoms with van der Waals surface area (Å²) in [6.07, 6.45) is -37.4. The summed E-state index contributed by atoms with van der Waals surface area (Å²) in [4.78, 5) is 336. The van der Waals surface area contributed by atoms with Crippen LogP contribution >= 0.6 is 0 Å². The molecule has 0 aromatic rings. The van der Waals surface area contributed by atoms with E-state index in [0.717, 1.165) is 111 Å². The van der Waals surface area contributed by atoms with Gasteiger partial charge in [-0.05, 0) is 12.8 Å². The molecule has 0 saturated heterocycles. The Morgan fingerprint density at radius 1 is 0.177 bits per heavy atom. The largest absolute Gasteiger partial charge is 0.462 e. The first kappa shape index (κ1) is 116. The standard InChI is InChI=1S/C76H106N4O50/c1-33(81)107-29-55(115-37(5)85)59(119-41(9)89)63(123-45(13)93)67(127-49(17)97)71(101)111-25-53(26-112-72(102)68(128-50(18)98)64(124-46(14)94)60(120-42(10)90)56(116-38(6)86)30-108-34(2)82)79-75(105)77-23-21-22-24-78-76(106)80-54(27-113-73(103)69(129-51(19)99)65(125-47(15)95)61(121-43(11)91)57(117-39(7)87)31-109-35(3)83)28-114-74(104)70(130-52(20)100)66(126-48(16)96)62(122-44(12)92)58(118-40(8)88)32-110-36(4)84/h53-70H,21-32H2,1-20H3,(H2,77,79,105)(H2,78,80,106)/t55-,56-,57-,58-,59-,60-,61-,62-,63+,64+,65+,66+,67-,68-,69-,70-/m1/s1. The van der Waals surface area contributed by atoms with Crippen molar-refractivity contribution in [1.29, 1.82) is 0 Å². The van der Waals surface area contributed by atoms with Crippen molar-refractivity contribution in [3.63, 3.8) is 0 Å². The molecule has 0 unspecified atom stereocenters. The highest BCUT2D eigenvalue weighted by molar-refractivity contribution is 5.85. The summed E-state index contributed by atoms with van der Waals surface area (Å²) in [5.41, 5.74) is 0. The van der Waals surface area contributed by atoms with Gasteiger partial charge in [-0.2, -0.15) is 0 Å². The Kier molecular flexibility index (Phi) is 53.2. The van der Waals surface area contributed by atoms with Crippen LogP contribution in [0, 0.1) is 0 Å². The van der Waals surface area contributed by atoms with Crippen LogP contribution < -0.4 is 21.3 Å². The molecule has 730 valence electrons. The quantitative estimate of drug-likeness (QED) is 0.0260. The Bertz CT molecular complexity index is 3550. The molecule has 0 spiro atoms. The highest BCUT2D eigenvalue weighted by Crippen LogP contribution is 2.27. The lowest BCUT2D eigenvalue weighted by Gasteiger charge is -2.34. The van der Waals surface area contributed by atoms with Crippen molar-refractivity contribution in [1.82, 2.24) is 21.3 Å². The van der Waals surface area contributed by atoms with Crippen molar-refractivity contribution < 1.29 is 238 Å². The molecule has 16 atom stereocenters. The molecule has 0 aliphatic carbocycles. The van der Waals surface area contributed by atoms with E-state index in [4.69, 9.17) is 114 Å². The molecule has 0 fully saturated rings. The first-order chi connectivity index (χ1) is 60.4. The van der Waals surface area contributed by atoms with Crippen LogP contribution in [-0.2, 0) is 229 Å². The van der Waals surface area contributed by atoms with Gasteiger partial charge in [-0.3, -0.25) is 95.9 Å². The van der Waals surface area contributed by atoms with Gasteiger partial charge in [-0.1, -0.05) is 0 Å². The van der Waals surface area contributed by atoms with E-state index in [0.29, 0.717) is 27.7 Å². The van der Waals surface area contributed by atoms with E-state index in [1.165, 1.54) is 0 Å². The summed E-state index contributed by atoms with van der Waals surface area (Å²) >= 11 is 0. The van der Waals surface area contributed by atoms with Crippen LogP contribution in [0.1, 0.15) is 151 Å². The fourth-order valence-electron chi connectivity index (χ4n) is 10.8. The lowest BCUT2D eigenvalue weighted by Crippen LogP contribution is -2.56. The summed E-state index contributed by atoms with van der Waals surface area (Å²) in [6.45, 7) is 5.80. The van der Waals surface area contributed by atoms with Gasteiger partial charge < -0.3 is 135 Å². The van der Waals surface area contributed by atoms with Gasteiger partial charge in [0.2, 0.25) is 24.4 Å². The third kappa shape index (κ3) is 49.6. The number of hydrogen-bond donors (Lipinski definition) is 4. The lowest BCUT2D eigenvalue weighted by molar-refractivity contribution is -0.209. The Balaban J connectivity index is 8.32. The van der Waals surface area contributed by atoms with E-state index in [1.807, 2.05) is 0 Å². The van der Waals surface area contributed by atoms with Crippen LogP contribution in [-0.4, -0.2) is 331 Å². The van der Waals surface area contributed by atoms with Gasteiger partial charge in [-0.25, -0.2) is 28.8 Å². The normalized spacial score (nSPS) is 14.6. The van der Waals surface area contributed by atoms with Crippen LogP contribution in [0.5, 0.6) is 0 Å². The van der Waals surface area contributed by atoms with Crippen LogP contribution in [0.2, 0.25) is 0 Å². The van der Waals surface area contributed by atoms with Crippen LogP contribution in [0.25, 0.3) is 0 Å². The van der Waals surface area contributed by atoms with Crippen LogP contribution in [0.4, 0.5) is 9.59 Å². The maximum Gasteiger partial charge on any atom is 0.351 e. The highest BCUT2D eigenvalue weighted by atomic mass is 16.7. The number of hydrogen-bond acceptors (Lipinski definition) is 50. The molecule has 130 heavy (non-hydrogen) atoms. The maximum atomic E-state index is 14.4. The first-order valence-electron chi connectivity index (χ1n) is 38.5. The van der Waals surface area contributed by atoms with Crippen LogP contribution in [0.3, 0.4) is 0 Å². The fourth-order valence-corrected chi connectivity index (χ4v) is 10.8. The summed E-state index contributed by atoms with van der Waals surface area (Å²) in [6, 6.07) is -6.50. The number of carbonyl (C=O) groups is 26. The van der Waals surface area contributed by atoms with Gasteiger partial charge in [0, 0.05) is 152 Å². The number of ether oxygens (including phenoxy) is 24. The molecule has 0 saturated carbocycles. The first-order valence-corrected chi connectivity index (χ1v) is 38.5. The maximum absolute atomic E-state index is 14.4. The zero-order chi connectivity index (χ0) is 99.7. The van der Waals surface area contributed by atoms with Crippen molar-refractivity contribution in [2.45, 2.75) is 261 Å². The Hall–Kier alpha value is -14.2. The molecule has 0 radical (unpaired) electrons. The number of unbranched alkanes of at least 4 members (excludes halogenated alkanes) is 1. The van der Waals surface area contributed by atoms with Crippen LogP contribution in [0.15, 0.2) is 0 Å². The minimum atomic E-state index is -2.61. The molecule has 4 N–H and O–H groups in total. The number of urea groups is 2. The molecule has 0 bridgehead atoms. The summed E-state index contributed by atoms with van der Waals surface area (Å²) in [5.74, 6) is -31.6. The smallest absolute Gasteiger partial charge is 0.351 e. The van der Waals surface area contributed by atoms with Crippen molar-refractivity contribution in [2.75, 3.05) is 65.9 Å². The second-order valence-electron chi connectivity index (χ2n) is 26.9. The molecular formula is C76H106N4O50. The van der Waals surface area contributed by atoms with E-state index in [9.17, 15) is 125 Å². The summed E-state index contributed by atoms with van der Waals surface area (Å²) in [5, 5.41) is 9.19. The molecule has 0 aromatic heterocycles. The van der Waals surface area contributed by atoms with Crippen molar-refractivity contribution in [2.24, 2.45) is 0 Å². The fraction of sp³-hybridized carbons (Fsp3) is 0.658. The molecule has 0 heterocycles. The minimum Gasteiger partial charge on any atom is -0.462 e. The Morgan fingerprint density at radius 3 is 0.477 bits per heavy atom. The second-order valence-corrected chi connectivity index (χ2v) is 26.9. The molecule has 4 amide bonds. The third-order valence-corrected chi connectivity index (χ3v) is 15.1. The Labute approximate surface area is 739 Å². The average molecular weight is 1880 g/mol. The highest BCUT2D eigenvalue weighted by Gasteiger charge is 2.53. The van der Waals surface area contributed by atoms with Crippen molar-refractivity contribution in [3.05, 3.63) is 0 Å². The zero-order valence-electron chi connectivity index (χ0n) is 74.3. The van der Waals surface area contributed by atoms with E-state index in [2.05, 4.69) is 21.3 Å². The average Bonchev–Trinajstić information content (AvgIpc) is 0.831. The summed E-state index contributed by atoms with van der Waals surface area (Å²) in [7, 11) is 0. The SMILES string of the molecule is CC(=O)OC[C@@H](OC(C)=O)[C@@H](OC(C)=O)[C@H](OC(C)=O)[C@@H](OC(C)=O)C(=O)OCC(COC(=O)[C@H](OC(C)=O)[C@@H](OC(C)=O)[C@H](OC(C)=O)[C@@H](COC(C)=O)OC(C)=O)NC(=O)NCCCCNC(=O)NC(COC(=O)[C@H](OC(C)=O)[C@@H](OC(C)=O)[C@H](OC(C)=O)[C@@H](COC(C)=O)OC(C)=O)COC(=O)[C@H](OC(C)=O)[C@@H](OC(C)=O)[C@H](OC(C)=O)[C@@H](COC(C)=O)OC(C)=O. The van der Waals surface area contributed by atoms with Gasteiger partial charge >= 0.3 is 155 Å². The van der Waals surface area contributed by atoms with Crippen molar-refractivity contribution in [3.8, 4) is 0 Å². The monoisotopic (exact) mass is 1870 g/mol. The number of nitrogens with one attached hydrogen (secondary N) is 4. The number of rotatable bonds is 55. The predicted molar refractivity (Wildman–Crippen MR) is 409 cm³/mol. The molecule has 0 rings (SSSR count). The van der Waals surface area contributed by atoms with Gasteiger partial charge in [0.25, 0.3) is 0 Å². The molecular weight excluding hydrogens is 1770 g/mol. The van der Waals surface area contributed by atoms with Crippen molar-refractivity contribution >= 4 is 155 Å². The van der Waals surface area contributed by atoms with E-state index >= 15 is 0 Å². The number of carbonyl (C=O) groups excluding carboxylic acids is 26. The topological polar surface area (TPSA) is 713 Å². The second kappa shape index (κ2) is 59.7. The number of esters is 24. The van der Waals surface area contributed by atoms with E-state index in [-0.39, 0.29) is 12.8 Å².